The first-order valence-electron chi connectivity index (χ1n) is 20.0. The second-order valence-corrected chi connectivity index (χ2v) is 15.9. The zero-order valence-corrected chi connectivity index (χ0v) is 34.6. The highest BCUT2D eigenvalue weighted by Crippen LogP contribution is 2.34. The monoisotopic (exact) mass is 759 g/mol. The molecule has 1 aromatic carbocycles. The van der Waals surface area contributed by atoms with Crippen molar-refractivity contribution >= 4 is 35.1 Å². The molecule has 2 aliphatic carbocycles. The molecule has 1 saturated heterocycles. The second kappa shape index (κ2) is 23.2. The van der Waals surface area contributed by atoms with Gasteiger partial charge >= 0.3 is 0 Å². The molecule has 5 unspecified atom stereocenters. The fraction of sp³-hybridized carbons (Fsp3) is 0.556. The van der Waals surface area contributed by atoms with Crippen LogP contribution >= 0.6 is 11.8 Å². The maximum atomic E-state index is 14.4. The minimum absolute atomic E-state index is 0.0221. The molecule has 6 atom stereocenters. The van der Waals surface area contributed by atoms with Crippen molar-refractivity contribution < 1.29 is 23.9 Å². The topological polar surface area (TPSA) is 105 Å². The van der Waals surface area contributed by atoms with Crippen LogP contribution in [0.1, 0.15) is 98.0 Å². The normalized spacial score (nSPS) is 22.0. The third-order valence-electron chi connectivity index (χ3n) is 10.7. The number of Topliss-reactive ketones (excluding diaryl/α,β-unsaturated/α-hetero) is 2. The van der Waals surface area contributed by atoms with E-state index >= 15 is 0 Å². The van der Waals surface area contributed by atoms with Gasteiger partial charge in [0.25, 0.3) is 0 Å². The van der Waals surface area contributed by atoms with Gasteiger partial charge < -0.3 is 20.3 Å². The van der Waals surface area contributed by atoms with Gasteiger partial charge in [-0.1, -0.05) is 102 Å². The molecule has 0 aromatic heterocycles. The number of methoxy groups -OCH3 is 1. The van der Waals surface area contributed by atoms with E-state index in [4.69, 9.17) is 4.74 Å². The first-order valence-corrected chi connectivity index (χ1v) is 21.0. The Labute approximate surface area is 329 Å². The Kier molecular flexibility index (Phi) is 19.1. The van der Waals surface area contributed by atoms with Gasteiger partial charge in [0.2, 0.25) is 11.8 Å². The molecule has 3 aliphatic rings. The Morgan fingerprint density at radius 2 is 1.74 bits per heavy atom. The summed E-state index contributed by atoms with van der Waals surface area (Å²) in [5.41, 5.74) is 2.60. The van der Waals surface area contributed by atoms with E-state index in [2.05, 4.69) is 53.6 Å². The summed E-state index contributed by atoms with van der Waals surface area (Å²) in [6, 6.07) is 7.03. The number of hydrogen-bond acceptors (Lipinski definition) is 7. The molecule has 9 heteroatoms. The van der Waals surface area contributed by atoms with Gasteiger partial charge in [0.05, 0.1) is 7.11 Å². The van der Waals surface area contributed by atoms with E-state index in [1.165, 1.54) is 12.5 Å². The first-order chi connectivity index (χ1) is 26.0. The van der Waals surface area contributed by atoms with Gasteiger partial charge in [0.15, 0.2) is 5.78 Å². The van der Waals surface area contributed by atoms with Gasteiger partial charge in [-0.05, 0) is 80.9 Å². The Morgan fingerprint density at radius 3 is 2.37 bits per heavy atom. The van der Waals surface area contributed by atoms with Crippen LogP contribution in [0.15, 0.2) is 84.6 Å². The quantitative estimate of drug-likeness (QED) is 0.136. The molecular formula is C45H65N3O5S. The summed E-state index contributed by atoms with van der Waals surface area (Å²) < 4.78 is 5.35. The van der Waals surface area contributed by atoms with Crippen molar-refractivity contribution in [2.75, 3.05) is 20.7 Å². The largest absolute Gasteiger partial charge is 0.497 e. The molecule has 296 valence electrons. The van der Waals surface area contributed by atoms with Crippen molar-refractivity contribution in [2.45, 2.75) is 115 Å². The van der Waals surface area contributed by atoms with Crippen molar-refractivity contribution in [3.63, 3.8) is 0 Å². The number of unbranched alkanes of at least 4 members (excludes halogenated alkanes) is 2. The minimum atomic E-state index is -0.551. The summed E-state index contributed by atoms with van der Waals surface area (Å²) in [6.07, 6.45) is 21.1. The lowest BCUT2D eigenvalue weighted by Gasteiger charge is -2.35. The van der Waals surface area contributed by atoms with E-state index in [1.54, 1.807) is 32.0 Å². The van der Waals surface area contributed by atoms with Crippen molar-refractivity contribution in [1.29, 1.82) is 0 Å². The van der Waals surface area contributed by atoms with Gasteiger partial charge in [-0.25, -0.2) is 0 Å². The minimum Gasteiger partial charge on any atom is -0.497 e. The fourth-order valence-electron chi connectivity index (χ4n) is 7.69. The summed E-state index contributed by atoms with van der Waals surface area (Å²) in [5.74, 6) is 1.73. The summed E-state index contributed by atoms with van der Waals surface area (Å²) >= 11 is 1.80. The number of likely N-dealkylation sites (tertiary alicyclic amines) is 1. The molecule has 8 nitrogen and oxygen atoms in total. The molecule has 0 saturated carbocycles. The van der Waals surface area contributed by atoms with Gasteiger partial charge in [-0.2, -0.15) is 0 Å². The Bertz CT molecular complexity index is 1530. The number of likely N-dealkylation sites (N-methyl/N-ethyl adjacent to an activating group) is 1. The maximum Gasteiger partial charge on any atom is 0.245 e. The number of amides is 2. The Balaban J connectivity index is 0.00000385. The predicted molar refractivity (Wildman–Crippen MR) is 223 cm³/mol. The van der Waals surface area contributed by atoms with E-state index in [1.807, 2.05) is 56.9 Å². The third-order valence-corrected chi connectivity index (χ3v) is 12.1. The van der Waals surface area contributed by atoms with Gasteiger partial charge in [-0.15, -0.1) is 11.8 Å². The Hall–Kier alpha value is -3.85. The molecule has 1 fully saturated rings. The van der Waals surface area contributed by atoms with Crippen LogP contribution in [0.5, 0.6) is 5.75 Å². The molecule has 2 amide bonds. The first kappa shape index (κ1) is 44.5. The zero-order chi connectivity index (χ0) is 39.6. The number of carbonyl (C=O) groups is 4. The smallest absolute Gasteiger partial charge is 0.245 e. The van der Waals surface area contributed by atoms with E-state index in [-0.39, 0.29) is 46.4 Å². The summed E-state index contributed by atoms with van der Waals surface area (Å²) in [4.78, 5) is 54.6. The van der Waals surface area contributed by atoms with Gasteiger partial charge in [0.1, 0.15) is 23.6 Å². The van der Waals surface area contributed by atoms with Crippen LogP contribution in [0, 0.1) is 23.7 Å². The molecule has 1 heterocycles. The van der Waals surface area contributed by atoms with Crippen molar-refractivity contribution in [2.24, 2.45) is 23.7 Å². The molecule has 0 spiro atoms. The fourth-order valence-corrected chi connectivity index (χ4v) is 8.88. The maximum absolute atomic E-state index is 14.4. The molecule has 2 N–H and O–H groups in total. The lowest BCUT2D eigenvalue weighted by molar-refractivity contribution is -0.142. The van der Waals surface area contributed by atoms with Crippen LogP contribution < -0.4 is 15.4 Å². The summed E-state index contributed by atoms with van der Waals surface area (Å²) in [6.45, 7) is 14.6. The predicted octanol–water partition coefficient (Wildman–Crippen LogP) is 8.55. The number of rotatable bonds is 19. The van der Waals surface area contributed by atoms with Gasteiger partial charge in [0, 0.05) is 48.2 Å². The highest BCUT2D eigenvalue weighted by atomic mass is 32.2. The lowest BCUT2D eigenvalue weighted by atomic mass is 9.81. The molecule has 0 radical (unpaired) electrons. The van der Waals surface area contributed by atoms with Crippen LogP contribution in [0.3, 0.4) is 0 Å². The van der Waals surface area contributed by atoms with Crippen molar-refractivity contribution in [3.8, 4) is 5.75 Å². The van der Waals surface area contributed by atoms with Crippen molar-refractivity contribution in [3.05, 3.63) is 90.2 Å². The van der Waals surface area contributed by atoms with E-state index in [0.29, 0.717) is 37.3 Å². The number of hydrogen-bond donors (Lipinski definition) is 2. The molecule has 54 heavy (non-hydrogen) atoms. The lowest BCUT2D eigenvalue weighted by Crippen LogP contribution is -2.56. The van der Waals surface area contributed by atoms with E-state index in [9.17, 15) is 19.2 Å². The number of allylic oxidation sites excluding steroid dienone is 8. The number of nitrogens with zero attached hydrogens (tertiary/aromatic N) is 1. The number of thioether (sulfide) groups is 1. The third kappa shape index (κ3) is 12.9. The molecule has 4 rings (SSSR count). The molecular weight excluding hydrogens is 695 g/mol. The highest BCUT2D eigenvalue weighted by Gasteiger charge is 2.40. The van der Waals surface area contributed by atoms with Crippen LogP contribution in [-0.4, -0.2) is 66.3 Å². The van der Waals surface area contributed by atoms with Crippen LogP contribution in [0.2, 0.25) is 0 Å². The van der Waals surface area contributed by atoms with Crippen LogP contribution in [0.25, 0.3) is 0 Å². The summed E-state index contributed by atoms with van der Waals surface area (Å²) in [5, 5.41) is 6.45. The molecule has 0 bridgehead atoms. The van der Waals surface area contributed by atoms with Gasteiger partial charge in [-0.3, -0.25) is 19.2 Å². The van der Waals surface area contributed by atoms with Crippen LogP contribution in [0.4, 0.5) is 0 Å². The molecule has 1 aromatic rings. The standard InChI is InChI=1S/C43H59N3O5S.C2H6/c1-29(2)41(42(49)44-5)46-26-25-34(33-15-9-7-10-16-33)27-38(43(46)50)45-30(3)40(52-28-32-21-23-35(51-6)24-22-32)20-12-8-11-19-39(48)37-18-14-13-17-36(37)31(4)47;1-2/h7,9-10,13-15,17,21-24,29,33-34,37-38,40-41,45H,3,8,11-12,16,18-20,25-28H2,1-2,4-6H3,(H,44,49);1-2H3/t33-,34?,37?,38?,40?,41?;/m1./s1. The summed E-state index contributed by atoms with van der Waals surface area (Å²) in [7, 11) is 3.29. The number of nitrogens with one attached hydrogen (secondary N) is 2. The van der Waals surface area contributed by atoms with E-state index in [0.717, 1.165) is 55.7 Å². The Morgan fingerprint density at radius 1 is 1.02 bits per heavy atom. The number of carbonyl (C=O) groups excluding carboxylic acids is 4. The number of ether oxygens (including phenoxy) is 1. The highest BCUT2D eigenvalue weighted by molar-refractivity contribution is 7.99. The average molecular weight is 760 g/mol. The molecule has 1 aliphatic heterocycles. The second-order valence-electron chi connectivity index (χ2n) is 14.7. The number of benzene rings is 1. The SMILES string of the molecule is C=C(NC1CC([C@@H]2C=CC=CC2)CCN(C(C(=O)NC)C(C)C)C1=O)C(CCCCCC(=O)C1CC=CC=C1C(C)=O)SCc1ccc(OC)cc1.CC. The van der Waals surface area contributed by atoms with E-state index < -0.39 is 12.1 Å². The van der Waals surface area contributed by atoms with Crippen molar-refractivity contribution in [1.82, 2.24) is 15.5 Å². The number of ketones is 2. The van der Waals surface area contributed by atoms with Crippen LogP contribution in [-0.2, 0) is 24.9 Å². The zero-order valence-electron chi connectivity index (χ0n) is 33.8. The average Bonchev–Trinajstić information content (AvgIpc) is 3.34.